The van der Waals surface area contributed by atoms with Gasteiger partial charge in [-0.3, -0.25) is 0 Å². The van der Waals surface area contributed by atoms with Crippen molar-refractivity contribution in [2.24, 2.45) is 5.73 Å². The van der Waals surface area contributed by atoms with Crippen LogP contribution in [0.3, 0.4) is 0 Å². The summed E-state index contributed by atoms with van der Waals surface area (Å²) in [6.07, 6.45) is 0. The first-order valence-electron chi connectivity index (χ1n) is 6.51. The van der Waals surface area contributed by atoms with Gasteiger partial charge in [-0.15, -0.1) is 0 Å². The first-order valence-corrected chi connectivity index (χ1v) is 6.51. The third kappa shape index (κ3) is 3.55. The van der Waals surface area contributed by atoms with Crippen molar-refractivity contribution >= 4 is 5.69 Å². The molecule has 3 heteroatoms. The smallest absolute Gasteiger partial charge is 0.123 e. The molecular formula is C16H19FN2. The van der Waals surface area contributed by atoms with Crippen LogP contribution in [0.1, 0.15) is 18.5 Å². The first-order chi connectivity index (χ1) is 9.20. The van der Waals surface area contributed by atoms with Crippen LogP contribution in [0.25, 0.3) is 0 Å². The average Bonchev–Trinajstić information content (AvgIpc) is 2.46. The second-order valence-corrected chi connectivity index (χ2v) is 4.53. The lowest BCUT2D eigenvalue weighted by Crippen LogP contribution is -2.32. The molecule has 0 aliphatic heterocycles. The van der Waals surface area contributed by atoms with Gasteiger partial charge >= 0.3 is 0 Å². The number of hydrogen-bond acceptors (Lipinski definition) is 2. The van der Waals surface area contributed by atoms with E-state index in [9.17, 15) is 4.39 Å². The molecule has 0 saturated heterocycles. The molecule has 0 spiro atoms. The Morgan fingerprint density at radius 1 is 1.05 bits per heavy atom. The third-order valence-electron chi connectivity index (χ3n) is 3.22. The predicted octanol–water partition coefficient (Wildman–Crippen LogP) is 3.35. The standard InChI is InChI=1S/C16H19FN2/c1-2-19(15-10-8-14(17)9-11-15)12-16(18)13-6-4-3-5-7-13/h3-11,16H,2,12,18H2,1H3. The molecule has 1 unspecified atom stereocenters. The van der Waals surface area contributed by atoms with E-state index in [0.717, 1.165) is 17.8 Å². The van der Waals surface area contributed by atoms with Gasteiger partial charge in [-0.2, -0.15) is 0 Å². The van der Waals surface area contributed by atoms with E-state index in [1.165, 1.54) is 12.1 Å². The summed E-state index contributed by atoms with van der Waals surface area (Å²) in [5, 5.41) is 0. The van der Waals surface area contributed by atoms with Gasteiger partial charge in [-0.1, -0.05) is 30.3 Å². The lowest BCUT2D eigenvalue weighted by molar-refractivity contribution is 0.626. The van der Waals surface area contributed by atoms with Crippen LogP contribution >= 0.6 is 0 Å². The highest BCUT2D eigenvalue weighted by atomic mass is 19.1. The molecule has 19 heavy (non-hydrogen) atoms. The number of anilines is 1. The van der Waals surface area contributed by atoms with Crippen molar-refractivity contribution in [3.63, 3.8) is 0 Å². The minimum absolute atomic E-state index is 0.0498. The van der Waals surface area contributed by atoms with E-state index in [4.69, 9.17) is 5.73 Å². The molecule has 1 atom stereocenters. The molecule has 0 aliphatic carbocycles. The zero-order valence-electron chi connectivity index (χ0n) is 11.1. The summed E-state index contributed by atoms with van der Waals surface area (Å²) >= 11 is 0. The SMILES string of the molecule is CCN(CC(N)c1ccccc1)c1ccc(F)cc1. The highest BCUT2D eigenvalue weighted by molar-refractivity contribution is 5.46. The maximum Gasteiger partial charge on any atom is 0.123 e. The number of benzene rings is 2. The monoisotopic (exact) mass is 258 g/mol. The van der Waals surface area contributed by atoms with E-state index in [1.54, 1.807) is 12.1 Å². The van der Waals surface area contributed by atoms with E-state index in [1.807, 2.05) is 30.3 Å². The second kappa shape index (κ2) is 6.34. The Hall–Kier alpha value is -1.87. The van der Waals surface area contributed by atoms with Gasteiger partial charge in [0.25, 0.3) is 0 Å². The van der Waals surface area contributed by atoms with Gasteiger partial charge in [-0.05, 0) is 36.8 Å². The Balaban J connectivity index is 2.09. The maximum atomic E-state index is 12.9. The normalized spacial score (nSPS) is 12.2. The van der Waals surface area contributed by atoms with Crippen LogP contribution in [0, 0.1) is 5.82 Å². The van der Waals surface area contributed by atoms with Gasteiger partial charge in [0.05, 0.1) is 0 Å². The Bertz CT molecular complexity index is 496. The summed E-state index contributed by atoms with van der Waals surface area (Å²) in [5.41, 5.74) is 8.33. The average molecular weight is 258 g/mol. The molecule has 2 nitrogen and oxygen atoms in total. The van der Waals surface area contributed by atoms with Gasteiger partial charge in [0.1, 0.15) is 5.82 Å². The van der Waals surface area contributed by atoms with Crippen LogP contribution in [0.5, 0.6) is 0 Å². The van der Waals surface area contributed by atoms with Crippen molar-refractivity contribution in [3.05, 3.63) is 66.0 Å². The maximum absolute atomic E-state index is 12.9. The molecule has 0 saturated carbocycles. The topological polar surface area (TPSA) is 29.3 Å². The summed E-state index contributed by atoms with van der Waals surface area (Å²) in [6, 6.07) is 16.5. The highest BCUT2D eigenvalue weighted by Crippen LogP contribution is 2.18. The molecule has 2 aromatic rings. The van der Waals surface area contributed by atoms with Crippen molar-refractivity contribution in [1.29, 1.82) is 0 Å². The van der Waals surface area contributed by atoms with Crippen LogP contribution in [-0.4, -0.2) is 13.1 Å². The van der Waals surface area contributed by atoms with E-state index in [2.05, 4.69) is 11.8 Å². The molecule has 0 fully saturated rings. The third-order valence-corrected chi connectivity index (χ3v) is 3.22. The van der Waals surface area contributed by atoms with Crippen molar-refractivity contribution in [3.8, 4) is 0 Å². The predicted molar refractivity (Wildman–Crippen MR) is 77.7 cm³/mol. The highest BCUT2D eigenvalue weighted by Gasteiger charge is 2.11. The number of nitrogens with zero attached hydrogens (tertiary/aromatic N) is 1. The van der Waals surface area contributed by atoms with E-state index >= 15 is 0 Å². The first kappa shape index (κ1) is 13.6. The van der Waals surface area contributed by atoms with Crippen molar-refractivity contribution in [1.82, 2.24) is 0 Å². The molecular weight excluding hydrogens is 239 g/mol. The lowest BCUT2D eigenvalue weighted by atomic mass is 10.1. The molecule has 0 radical (unpaired) electrons. The Morgan fingerprint density at radius 3 is 2.26 bits per heavy atom. The number of rotatable bonds is 5. The molecule has 2 aromatic carbocycles. The molecule has 100 valence electrons. The summed E-state index contributed by atoms with van der Waals surface area (Å²) in [7, 11) is 0. The number of likely N-dealkylation sites (N-methyl/N-ethyl adjacent to an activating group) is 1. The second-order valence-electron chi connectivity index (χ2n) is 4.53. The number of nitrogens with two attached hydrogens (primary N) is 1. The molecule has 0 bridgehead atoms. The molecule has 2 N–H and O–H groups in total. The number of hydrogen-bond donors (Lipinski definition) is 1. The largest absolute Gasteiger partial charge is 0.370 e. The molecule has 0 amide bonds. The zero-order valence-corrected chi connectivity index (χ0v) is 11.1. The van der Waals surface area contributed by atoms with E-state index in [-0.39, 0.29) is 11.9 Å². The Morgan fingerprint density at radius 2 is 1.68 bits per heavy atom. The molecule has 0 heterocycles. The summed E-state index contributed by atoms with van der Waals surface area (Å²) in [6.45, 7) is 3.62. The summed E-state index contributed by atoms with van der Waals surface area (Å²) < 4.78 is 12.9. The van der Waals surface area contributed by atoms with Gasteiger partial charge < -0.3 is 10.6 Å². The summed E-state index contributed by atoms with van der Waals surface area (Å²) in [4.78, 5) is 2.15. The van der Waals surface area contributed by atoms with Gasteiger partial charge in [0.2, 0.25) is 0 Å². The van der Waals surface area contributed by atoms with E-state index in [0.29, 0.717) is 6.54 Å². The summed E-state index contributed by atoms with van der Waals surface area (Å²) in [5.74, 6) is -0.216. The fourth-order valence-corrected chi connectivity index (χ4v) is 2.11. The van der Waals surface area contributed by atoms with E-state index < -0.39 is 0 Å². The Kier molecular flexibility index (Phi) is 4.53. The van der Waals surface area contributed by atoms with Crippen LogP contribution in [-0.2, 0) is 0 Å². The quantitative estimate of drug-likeness (QED) is 0.891. The lowest BCUT2D eigenvalue weighted by Gasteiger charge is -2.26. The van der Waals surface area contributed by atoms with Gasteiger partial charge in [0, 0.05) is 24.8 Å². The van der Waals surface area contributed by atoms with Crippen molar-refractivity contribution in [2.45, 2.75) is 13.0 Å². The van der Waals surface area contributed by atoms with Crippen LogP contribution in [0.4, 0.5) is 10.1 Å². The van der Waals surface area contributed by atoms with Crippen LogP contribution < -0.4 is 10.6 Å². The van der Waals surface area contributed by atoms with Crippen molar-refractivity contribution < 1.29 is 4.39 Å². The minimum Gasteiger partial charge on any atom is -0.370 e. The van der Waals surface area contributed by atoms with Gasteiger partial charge in [-0.25, -0.2) is 4.39 Å². The van der Waals surface area contributed by atoms with Crippen LogP contribution in [0.15, 0.2) is 54.6 Å². The molecule has 0 aromatic heterocycles. The number of halogens is 1. The fourth-order valence-electron chi connectivity index (χ4n) is 2.11. The molecule has 2 rings (SSSR count). The van der Waals surface area contributed by atoms with Gasteiger partial charge in [0.15, 0.2) is 0 Å². The minimum atomic E-state index is -0.216. The zero-order chi connectivity index (χ0) is 13.7. The Labute approximate surface area is 113 Å². The van der Waals surface area contributed by atoms with Crippen LogP contribution in [0.2, 0.25) is 0 Å². The van der Waals surface area contributed by atoms with Crippen molar-refractivity contribution in [2.75, 3.05) is 18.0 Å². The fraction of sp³-hybridized carbons (Fsp3) is 0.250. The molecule has 0 aliphatic rings.